The lowest BCUT2D eigenvalue weighted by Gasteiger charge is -2.35. The van der Waals surface area contributed by atoms with Crippen LogP contribution in [0.1, 0.15) is 37.3 Å². The summed E-state index contributed by atoms with van der Waals surface area (Å²) in [5.41, 5.74) is 1.24. The molecule has 0 amide bonds. The number of piperidine rings is 1. The van der Waals surface area contributed by atoms with Crippen molar-refractivity contribution in [3.05, 3.63) is 52.6 Å². The first-order valence-electron chi connectivity index (χ1n) is 9.76. The average Bonchev–Trinajstić information content (AvgIpc) is 3.30. The number of nitrogens with zero attached hydrogens (tertiary/aromatic N) is 5. The van der Waals surface area contributed by atoms with Gasteiger partial charge in [0.15, 0.2) is 0 Å². The molecule has 154 valence electrons. The van der Waals surface area contributed by atoms with Crippen molar-refractivity contribution in [2.75, 3.05) is 31.1 Å². The van der Waals surface area contributed by atoms with Crippen molar-refractivity contribution in [3.63, 3.8) is 0 Å². The maximum absolute atomic E-state index is 13.3. The van der Waals surface area contributed by atoms with Crippen LogP contribution in [0.3, 0.4) is 0 Å². The van der Waals surface area contributed by atoms with Gasteiger partial charge in [0.2, 0.25) is 10.0 Å². The molecule has 1 aromatic carbocycles. The smallest absolute Gasteiger partial charge is 0.270 e. The van der Waals surface area contributed by atoms with E-state index in [1.807, 2.05) is 11.0 Å². The fourth-order valence-electron chi connectivity index (χ4n) is 4.13. The maximum Gasteiger partial charge on any atom is 0.270 e. The first-order valence-corrected chi connectivity index (χ1v) is 11.2. The molecule has 2 aromatic rings. The van der Waals surface area contributed by atoms with Crippen LogP contribution in [0.15, 0.2) is 41.7 Å². The van der Waals surface area contributed by atoms with Crippen LogP contribution in [-0.2, 0) is 10.0 Å². The molecule has 1 aromatic heterocycles. The van der Waals surface area contributed by atoms with E-state index in [2.05, 4.69) is 9.97 Å². The number of rotatable bonds is 5. The summed E-state index contributed by atoms with van der Waals surface area (Å²) in [7, 11) is -3.80. The number of benzene rings is 1. The fraction of sp³-hybridized carbons (Fsp3) is 0.474. The number of hydrogen-bond acceptors (Lipinski definition) is 7. The quantitative estimate of drug-likeness (QED) is 0.543. The van der Waals surface area contributed by atoms with Gasteiger partial charge in [0.1, 0.15) is 11.2 Å². The fourth-order valence-corrected chi connectivity index (χ4v) is 5.88. The zero-order valence-electron chi connectivity index (χ0n) is 16.0. The molecule has 2 aliphatic heterocycles. The Hall–Kier alpha value is -2.59. The highest BCUT2D eigenvalue weighted by Crippen LogP contribution is 2.36. The Kier molecular flexibility index (Phi) is 5.46. The minimum absolute atomic E-state index is 0.0249. The molecule has 29 heavy (non-hydrogen) atoms. The predicted molar refractivity (Wildman–Crippen MR) is 107 cm³/mol. The molecule has 2 fully saturated rings. The van der Waals surface area contributed by atoms with Gasteiger partial charge in [0, 0.05) is 56.1 Å². The van der Waals surface area contributed by atoms with E-state index in [1.165, 1.54) is 22.8 Å². The van der Waals surface area contributed by atoms with E-state index in [1.54, 1.807) is 12.3 Å². The van der Waals surface area contributed by atoms with Gasteiger partial charge < -0.3 is 4.90 Å². The van der Waals surface area contributed by atoms with Crippen LogP contribution in [0.5, 0.6) is 0 Å². The molecule has 3 heterocycles. The van der Waals surface area contributed by atoms with E-state index < -0.39 is 14.9 Å². The summed E-state index contributed by atoms with van der Waals surface area (Å²) in [6, 6.07) is 6.04. The summed E-state index contributed by atoms with van der Waals surface area (Å²) in [6.07, 6.45) is 6.68. The average molecular weight is 417 g/mol. The van der Waals surface area contributed by atoms with Gasteiger partial charge in [-0.15, -0.1) is 0 Å². The molecule has 1 atom stereocenters. The standard InChI is InChI=1S/C19H23N5O4S/c25-24(26)16-5-6-18(19(12-16)29(27,28)23-10-1-2-11-23)22-9-3-4-15(13-22)17-7-8-20-14-21-17/h5-8,12,14-15H,1-4,9-11,13H2/t15-/m1/s1. The van der Waals surface area contributed by atoms with Crippen molar-refractivity contribution >= 4 is 21.4 Å². The molecule has 10 heteroatoms. The van der Waals surface area contributed by atoms with Gasteiger partial charge in [-0.25, -0.2) is 18.4 Å². The molecule has 0 unspecified atom stereocenters. The topological polar surface area (TPSA) is 110 Å². The Morgan fingerprint density at radius 3 is 2.59 bits per heavy atom. The molecule has 0 radical (unpaired) electrons. The molecule has 0 saturated carbocycles. The van der Waals surface area contributed by atoms with E-state index >= 15 is 0 Å². The highest BCUT2D eigenvalue weighted by molar-refractivity contribution is 7.89. The van der Waals surface area contributed by atoms with Crippen LogP contribution in [0.25, 0.3) is 0 Å². The number of sulfonamides is 1. The highest BCUT2D eigenvalue weighted by atomic mass is 32.2. The molecule has 0 spiro atoms. The monoisotopic (exact) mass is 417 g/mol. The van der Waals surface area contributed by atoms with Gasteiger partial charge in [-0.1, -0.05) is 0 Å². The van der Waals surface area contributed by atoms with Crippen LogP contribution in [0.4, 0.5) is 11.4 Å². The third-order valence-electron chi connectivity index (χ3n) is 5.62. The van der Waals surface area contributed by atoms with E-state index in [0.717, 1.165) is 31.4 Å². The first kappa shape index (κ1) is 19.7. The molecular weight excluding hydrogens is 394 g/mol. The van der Waals surface area contributed by atoms with Crippen molar-refractivity contribution in [2.45, 2.75) is 36.5 Å². The lowest BCUT2D eigenvalue weighted by Crippen LogP contribution is -2.37. The second-order valence-corrected chi connectivity index (χ2v) is 9.35. The van der Waals surface area contributed by atoms with Crippen molar-refractivity contribution < 1.29 is 13.3 Å². The van der Waals surface area contributed by atoms with Gasteiger partial charge in [-0.2, -0.15) is 4.31 Å². The zero-order chi connectivity index (χ0) is 20.4. The van der Waals surface area contributed by atoms with Crippen LogP contribution >= 0.6 is 0 Å². The summed E-state index contributed by atoms with van der Waals surface area (Å²) in [4.78, 5) is 21.1. The number of anilines is 1. The Balaban J connectivity index is 1.72. The van der Waals surface area contributed by atoms with Gasteiger partial charge >= 0.3 is 0 Å². The number of nitro groups is 1. The van der Waals surface area contributed by atoms with Crippen LogP contribution in [-0.4, -0.2) is 53.8 Å². The Morgan fingerprint density at radius 2 is 1.90 bits per heavy atom. The summed E-state index contributed by atoms with van der Waals surface area (Å²) in [5, 5.41) is 11.3. The number of aromatic nitrogens is 2. The van der Waals surface area contributed by atoms with Crippen molar-refractivity contribution in [2.24, 2.45) is 0 Å². The minimum atomic E-state index is -3.80. The van der Waals surface area contributed by atoms with Gasteiger partial charge in [-0.3, -0.25) is 10.1 Å². The summed E-state index contributed by atoms with van der Waals surface area (Å²) < 4.78 is 28.0. The molecular formula is C19H23N5O4S. The third kappa shape index (κ3) is 3.95. The molecule has 0 bridgehead atoms. The van der Waals surface area contributed by atoms with Crippen molar-refractivity contribution in [1.82, 2.24) is 14.3 Å². The van der Waals surface area contributed by atoms with Gasteiger partial charge in [0.05, 0.1) is 10.6 Å². The molecule has 2 saturated heterocycles. The van der Waals surface area contributed by atoms with Crippen LogP contribution < -0.4 is 4.90 Å². The number of non-ortho nitro benzene ring substituents is 1. The van der Waals surface area contributed by atoms with Crippen molar-refractivity contribution in [1.29, 1.82) is 0 Å². The summed E-state index contributed by atoms with van der Waals surface area (Å²) in [5.74, 6) is 0.157. The normalized spacial score (nSPS) is 20.7. The highest BCUT2D eigenvalue weighted by Gasteiger charge is 2.33. The van der Waals surface area contributed by atoms with Gasteiger partial charge in [-0.05, 0) is 37.8 Å². The predicted octanol–water partition coefficient (Wildman–Crippen LogP) is 2.55. The van der Waals surface area contributed by atoms with Crippen molar-refractivity contribution in [3.8, 4) is 0 Å². The largest absolute Gasteiger partial charge is 0.370 e. The maximum atomic E-state index is 13.3. The summed E-state index contributed by atoms with van der Waals surface area (Å²) >= 11 is 0. The molecule has 2 aliphatic rings. The third-order valence-corrected chi connectivity index (χ3v) is 7.55. The van der Waals surface area contributed by atoms with Gasteiger partial charge in [0.25, 0.3) is 5.69 Å². The first-order chi connectivity index (χ1) is 14.0. The molecule has 4 rings (SSSR count). The lowest BCUT2D eigenvalue weighted by atomic mass is 9.94. The van der Waals surface area contributed by atoms with Crippen LogP contribution in [0.2, 0.25) is 0 Å². The van der Waals surface area contributed by atoms with E-state index in [4.69, 9.17) is 0 Å². The second-order valence-electron chi connectivity index (χ2n) is 7.44. The van der Waals surface area contributed by atoms with E-state index in [0.29, 0.717) is 31.9 Å². The second kappa shape index (κ2) is 8.03. The van der Waals surface area contributed by atoms with E-state index in [9.17, 15) is 18.5 Å². The Bertz CT molecular complexity index is 993. The SMILES string of the molecule is O=[N+]([O-])c1ccc(N2CCC[C@@H](c3ccncn3)C2)c(S(=O)(=O)N2CCCC2)c1. The number of nitro benzene ring substituents is 1. The molecule has 0 N–H and O–H groups in total. The Labute approximate surface area is 169 Å². The number of hydrogen-bond donors (Lipinski definition) is 0. The summed E-state index contributed by atoms with van der Waals surface area (Å²) in [6.45, 7) is 2.21. The van der Waals surface area contributed by atoms with Crippen LogP contribution in [0, 0.1) is 10.1 Å². The van der Waals surface area contributed by atoms with E-state index in [-0.39, 0.29) is 16.5 Å². The molecule has 9 nitrogen and oxygen atoms in total. The Morgan fingerprint density at radius 1 is 1.10 bits per heavy atom. The molecule has 0 aliphatic carbocycles. The minimum Gasteiger partial charge on any atom is -0.370 e. The zero-order valence-corrected chi connectivity index (χ0v) is 16.8. The lowest BCUT2D eigenvalue weighted by molar-refractivity contribution is -0.385.